The molecule has 0 bridgehead atoms. The molecule has 2 fully saturated rings. The summed E-state index contributed by atoms with van der Waals surface area (Å²) in [6, 6.07) is 0. The third-order valence-corrected chi connectivity index (χ3v) is 6.38. The number of nitrogens with one attached hydrogen (secondary N) is 1. The zero-order valence-corrected chi connectivity index (χ0v) is 13.2. The lowest BCUT2D eigenvalue weighted by atomic mass is 9.79. The van der Waals surface area contributed by atoms with Crippen molar-refractivity contribution >= 4 is 15.9 Å². The molecule has 0 unspecified atom stereocenters. The smallest absolute Gasteiger partial charge is 0.227 e. The maximum atomic E-state index is 12.0. The molecule has 0 saturated carbocycles. The second-order valence-corrected chi connectivity index (χ2v) is 8.42. The third-order valence-electron chi connectivity index (χ3n) is 4.47. The Morgan fingerprint density at radius 2 is 2.10 bits per heavy atom. The summed E-state index contributed by atoms with van der Waals surface area (Å²) in [6.07, 6.45) is 3.54. The highest BCUT2D eigenvalue weighted by Gasteiger charge is 2.45. The lowest BCUT2D eigenvalue weighted by Gasteiger charge is -2.32. The van der Waals surface area contributed by atoms with Crippen molar-refractivity contribution in [3.8, 4) is 0 Å². The van der Waals surface area contributed by atoms with Crippen molar-refractivity contribution in [1.82, 2.24) is 14.5 Å². The Labute approximate surface area is 121 Å². The monoisotopic (exact) mass is 303 g/mol. The average Bonchev–Trinajstić information content (AvgIpc) is 2.77. The fourth-order valence-corrected chi connectivity index (χ4v) is 3.98. The zero-order chi connectivity index (χ0) is 14.8. The first kappa shape index (κ1) is 15.7. The second kappa shape index (κ2) is 5.99. The fraction of sp³-hybridized carbons (Fsp3) is 0.923. The molecule has 0 aromatic carbocycles. The first-order valence-electron chi connectivity index (χ1n) is 7.27. The van der Waals surface area contributed by atoms with Gasteiger partial charge in [-0.25, -0.2) is 12.7 Å². The molecule has 1 amide bonds. The van der Waals surface area contributed by atoms with Crippen LogP contribution in [0, 0.1) is 5.41 Å². The standard InChI is InChI=1S/C13H25N3O3S/c1-15(2)20(18,19)10-4-8-16-9-6-13(11-16)5-3-7-14-12(13)17/h3-11H2,1-2H3,(H,14,17)/t13-/m0/s1. The highest BCUT2D eigenvalue weighted by atomic mass is 32.2. The molecule has 6 nitrogen and oxygen atoms in total. The van der Waals surface area contributed by atoms with Gasteiger partial charge in [-0.15, -0.1) is 0 Å². The number of likely N-dealkylation sites (tertiary alicyclic amines) is 1. The minimum absolute atomic E-state index is 0.176. The summed E-state index contributed by atoms with van der Waals surface area (Å²) in [5, 5.41) is 2.96. The van der Waals surface area contributed by atoms with Gasteiger partial charge in [-0.2, -0.15) is 0 Å². The van der Waals surface area contributed by atoms with E-state index >= 15 is 0 Å². The lowest BCUT2D eigenvalue weighted by molar-refractivity contribution is -0.132. The van der Waals surface area contributed by atoms with Crippen LogP contribution in [0.3, 0.4) is 0 Å². The number of amides is 1. The van der Waals surface area contributed by atoms with E-state index in [1.54, 1.807) is 14.1 Å². The van der Waals surface area contributed by atoms with Crippen molar-refractivity contribution in [3.63, 3.8) is 0 Å². The maximum absolute atomic E-state index is 12.0. The molecule has 1 N–H and O–H groups in total. The van der Waals surface area contributed by atoms with Gasteiger partial charge in [0.15, 0.2) is 0 Å². The molecule has 20 heavy (non-hydrogen) atoms. The van der Waals surface area contributed by atoms with E-state index < -0.39 is 10.0 Å². The molecule has 2 aliphatic rings. The molecular formula is C13H25N3O3S. The van der Waals surface area contributed by atoms with Crippen LogP contribution in [-0.2, 0) is 14.8 Å². The molecular weight excluding hydrogens is 278 g/mol. The summed E-state index contributed by atoms with van der Waals surface area (Å²) in [4.78, 5) is 14.3. The molecule has 7 heteroatoms. The van der Waals surface area contributed by atoms with Gasteiger partial charge in [0.2, 0.25) is 15.9 Å². The Kier molecular flexibility index (Phi) is 4.71. The van der Waals surface area contributed by atoms with Crippen LogP contribution < -0.4 is 5.32 Å². The first-order chi connectivity index (χ1) is 9.36. The lowest BCUT2D eigenvalue weighted by Crippen LogP contribution is -2.47. The predicted octanol–water partition coefficient (Wildman–Crippen LogP) is -0.130. The summed E-state index contributed by atoms with van der Waals surface area (Å²) >= 11 is 0. The molecule has 1 atom stereocenters. The second-order valence-electron chi connectivity index (χ2n) is 6.12. The van der Waals surface area contributed by atoms with Gasteiger partial charge in [0.25, 0.3) is 0 Å². The number of carbonyl (C=O) groups is 1. The Balaban J connectivity index is 1.81. The highest BCUT2D eigenvalue weighted by molar-refractivity contribution is 7.89. The number of hydrogen-bond acceptors (Lipinski definition) is 4. The van der Waals surface area contributed by atoms with Crippen molar-refractivity contribution in [2.24, 2.45) is 5.41 Å². The number of carbonyl (C=O) groups excluding carboxylic acids is 1. The van der Waals surface area contributed by atoms with E-state index in [0.717, 1.165) is 45.4 Å². The molecule has 2 heterocycles. The first-order valence-corrected chi connectivity index (χ1v) is 8.88. The molecule has 2 aliphatic heterocycles. The van der Waals surface area contributed by atoms with E-state index in [2.05, 4.69) is 10.2 Å². The van der Waals surface area contributed by atoms with E-state index in [0.29, 0.717) is 6.42 Å². The summed E-state index contributed by atoms with van der Waals surface area (Å²) in [5.74, 6) is 0.363. The van der Waals surface area contributed by atoms with Crippen molar-refractivity contribution in [2.75, 3.05) is 46.0 Å². The number of piperidine rings is 1. The highest BCUT2D eigenvalue weighted by Crippen LogP contribution is 2.37. The summed E-state index contributed by atoms with van der Waals surface area (Å²) < 4.78 is 24.7. The summed E-state index contributed by atoms with van der Waals surface area (Å²) in [6.45, 7) is 3.22. The van der Waals surface area contributed by atoms with Crippen LogP contribution in [0.1, 0.15) is 25.7 Å². The molecule has 0 aromatic rings. The Hall–Kier alpha value is -0.660. The van der Waals surface area contributed by atoms with E-state index in [-0.39, 0.29) is 17.1 Å². The fourth-order valence-electron chi connectivity index (χ4n) is 3.12. The van der Waals surface area contributed by atoms with Crippen LogP contribution in [0.2, 0.25) is 0 Å². The van der Waals surface area contributed by atoms with E-state index in [1.807, 2.05) is 0 Å². The predicted molar refractivity (Wildman–Crippen MR) is 77.8 cm³/mol. The van der Waals surface area contributed by atoms with Gasteiger partial charge in [-0.3, -0.25) is 4.79 Å². The molecule has 0 aromatic heterocycles. The van der Waals surface area contributed by atoms with Crippen LogP contribution >= 0.6 is 0 Å². The van der Waals surface area contributed by atoms with Crippen LogP contribution in [0.5, 0.6) is 0 Å². The zero-order valence-electron chi connectivity index (χ0n) is 12.4. The van der Waals surface area contributed by atoms with E-state index in [4.69, 9.17) is 0 Å². The number of nitrogens with zero attached hydrogens (tertiary/aromatic N) is 2. The number of sulfonamides is 1. The third kappa shape index (κ3) is 3.32. The minimum Gasteiger partial charge on any atom is -0.356 e. The van der Waals surface area contributed by atoms with E-state index in [1.165, 1.54) is 4.31 Å². The van der Waals surface area contributed by atoms with Gasteiger partial charge in [0.05, 0.1) is 11.2 Å². The Morgan fingerprint density at radius 1 is 1.35 bits per heavy atom. The quantitative estimate of drug-likeness (QED) is 0.768. The average molecular weight is 303 g/mol. The van der Waals surface area contributed by atoms with Gasteiger partial charge < -0.3 is 10.2 Å². The van der Waals surface area contributed by atoms with Gasteiger partial charge in [0.1, 0.15) is 0 Å². The van der Waals surface area contributed by atoms with Crippen molar-refractivity contribution in [3.05, 3.63) is 0 Å². The van der Waals surface area contributed by atoms with Crippen LogP contribution in [0.15, 0.2) is 0 Å². The van der Waals surface area contributed by atoms with Crippen molar-refractivity contribution in [2.45, 2.75) is 25.7 Å². The normalized spacial score (nSPS) is 28.2. The number of rotatable bonds is 5. The molecule has 0 radical (unpaired) electrons. The molecule has 1 spiro atoms. The maximum Gasteiger partial charge on any atom is 0.227 e. The summed E-state index contributed by atoms with van der Waals surface area (Å²) in [5.41, 5.74) is -0.210. The number of hydrogen-bond donors (Lipinski definition) is 1. The van der Waals surface area contributed by atoms with Crippen molar-refractivity contribution < 1.29 is 13.2 Å². The SMILES string of the molecule is CN(C)S(=O)(=O)CCCN1CC[C@@]2(CCCNC2=O)C1. The van der Waals surface area contributed by atoms with Gasteiger partial charge in [-0.1, -0.05) is 0 Å². The molecule has 116 valence electrons. The molecule has 0 aliphatic carbocycles. The molecule has 2 saturated heterocycles. The van der Waals surface area contributed by atoms with Gasteiger partial charge in [0, 0.05) is 27.2 Å². The summed E-state index contributed by atoms with van der Waals surface area (Å²) in [7, 11) is 0.0175. The van der Waals surface area contributed by atoms with Crippen molar-refractivity contribution in [1.29, 1.82) is 0 Å². The van der Waals surface area contributed by atoms with Gasteiger partial charge >= 0.3 is 0 Å². The van der Waals surface area contributed by atoms with Crippen LogP contribution in [-0.4, -0.2) is 69.6 Å². The molecule has 2 rings (SSSR count). The van der Waals surface area contributed by atoms with E-state index in [9.17, 15) is 13.2 Å². The minimum atomic E-state index is -3.11. The Morgan fingerprint density at radius 3 is 2.75 bits per heavy atom. The topological polar surface area (TPSA) is 69.7 Å². The Bertz CT molecular complexity index is 463. The van der Waals surface area contributed by atoms with Crippen LogP contribution in [0.25, 0.3) is 0 Å². The van der Waals surface area contributed by atoms with Crippen LogP contribution in [0.4, 0.5) is 0 Å². The van der Waals surface area contributed by atoms with Gasteiger partial charge in [-0.05, 0) is 38.8 Å². The largest absolute Gasteiger partial charge is 0.356 e.